The SMILES string of the molecule is CC1=C(CCN2CC=C(c3c[nH]c4ccc(Br)cc34)CC2)C(=O)N2C=CC=CC2N1. The summed E-state index contributed by atoms with van der Waals surface area (Å²) in [6.07, 6.45) is 14.0. The van der Waals surface area contributed by atoms with Gasteiger partial charge in [0.2, 0.25) is 0 Å². The third-order valence-electron chi connectivity index (χ3n) is 6.22. The molecule has 1 atom stereocenters. The summed E-state index contributed by atoms with van der Waals surface area (Å²) in [6.45, 7) is 4.83. The number of carbonyl (C=O) groups is 1. The molecule has 3 aliphatic heterocycles. The van der Waals surface area contributed by atoms with Crippen molar-refractivity contribution in [2.45, 2.75) is 25.9 Å². The monoisotopic (exact) mass is 464 g/mol. The van der Waals surface area contributed by atoms with Crippen LogP contribution >= 0.6 is 15.9 Å². The number of benzene rings is 1. The Balaban J connectivity index is 1.25. The van der Waals surface area contributed by atoms with Crippen LogP contribution in [0.1, 0.15) is 25.3 Å². The van der Waals surface area contributed by atoms with Crippen LogP contribution in [0, 0.1) is 0 Å². The second-order valence-corrected chi connectivity index (χ2v) is 8.97. The highest BCUT2D eigenvalue weighted by Gasteiger charge is 2.30. The van der Waals surface area contributed by atoms with E-state index in [0.29, 0.717) is 0 Å². The summed E-state index contributed by atoms with van der Waals surface area (Å²) in [5.74, 6) is 0.120. The van der Waals surface area contributed by atoms with Gasteiger partial charge in [0.1, 0.15) is 6.17 Å². The van der Waals surface area contributed by atoms with Gasteiger partial charge in [-0.15, -0.1) is 0 Å². The lowest BCUT2D eigenvalue weighted by atomic mass is 9.98. The average molecular weight is 465 g/mol. The minimum absolute atomic E-state index is 0.0528. The summed E-state index contributed by atoms with van der Waals surface area (Å²) in [5, 5.41) is 4.71. The Hall–Kier alpha value is -2.57. The minimum atomic E-state index is -0.0528. The Morgan fingerprint density at radius 3 is 3.00 bits per heavy atom. The van der Waals surface area contributed by atoms with E-state index in [1.807, 2.05) is 31.4 Å². The van der Waals surface area contributed by atoms with E-state index in [2.05, 4.69) is 61.6 Å². The number of halogens is 1. The van der Waals surface area contributed by atoms with Crippen molar-refractivity contribution in [3.63, 3.8) is 0 Å². The standard InChI is InChI=1S/C24H25BrN4O/c1-16-19(24(30)29-10-3-2-4-23(29)27-16)9-13-28-11-7-17(8-12-28)21-15-26-22-6-5-18(25)14-20(21)22/h2-7,10,14-15,23,26-27H,8-9,11-13H2,1H3. The van der Waals surface area contributed by atoms with Crippen LogP contribution < -0.4 is 5.32 Å². The number of aromatic nitrogens is 1. The van der Waals surface area contributed by atoms with Crippen LogP contribution in [0.25, 0.3) is 16.5 Å². The van der Waals surface area contributed by atoms with Crippen LogP contribution in [0.2, 0.25) is 0 Å². The topological polar surface area (TPSA) is 51.4 Å². The molecular weight excluding hydrogens is 440 g/mol. The molecule has 1 aromatic heterocycles. The lowest BCUT2D eigenvalue weighted by Gasteiger charge is -2.36. The molecule has 0 aliphatic carbocycles. The van der Waals surface area contributed by atoms with Crippen LogP contribution in [0.3, 0.4) is 0 Å². The first-order valence-electron chi connectivity index (χ1n) is 10.4. The van der Waals surface area contributed by atoms with E-state index in [1.165, 1.54) is 22.0 Å². The number of H-pyrrole nitrogens is 1. The molecule has 1 unspecified atom stereocenters. The first-order valence-corrected chi connectivity index (χ1v) is 11.2. The van der Waals surface area contributed by atoms with Gasteiger partial charge in [0.05, 0.1) is 0 Å². The Bertz CT molecular complexity index is 1120. The van der Waals surface area contributed by atoms with Crippen molar-refractivity contribution < 1.29 is 4.79 Å². The van der Waals surface area contributed by atoms with Crippen LogP contribution in [0.4, 0.5) is 0 Å². The highest BCUT2D eigenvalue weighted by molar-refractivity contribution is 9.10. The van der Waals surface area contributed by atoms with Crippen molar-refractivity contribution >= 4 is 38.3 Å². The second-order valence-electron chi connectivity index (χ2n) is 8.05. The van der Waals surface area contributed by atoms with E-state index in [9.17, 15) is 4.79 Å². The molecule has 0 bridgehead atoms. The van der Waals surface area contributed by atoms with Gasteiger partial charge in [0.15, 0.2) is 0 Å². The van der Waals surface area contributed by atoms with E-state index >= 15 is 0 Å². The number of nitrogens with zero attached hydrogens (tertiary/aromatic N) is 2. The van der Waals surface area contributed by atoms with Crippen molar-refractivity contribution in [2.24, 2.45) is 0 Å². The molecule has 2 aromatic rings. The van der Waals surface area contributed by atoms with Crippen LogP contribution in [0.5, 0.6) is 0 Å². The molecule has 5 nitrogen and oxygen atoms in total. The van der Waals surface area contributed by atoms with Crippen molar-refractivity contribution in [3.8, 4) is 0 Å². The number of carbonyl (C=O) groups excluding carboxylic acids is 1. The summed E-state index contributed by atoms with van der Waals surface area (Å²) < 4.78 is 1.10. The van der Waals surface area contributed by atoms with Gasteiger partial charge >= 0.3 is 0 Å². The van der Waals surface area contributed by atoms with Crippen molar-refractivity contribution in [1.29, 1.82) is 0 Å². The zero-order chi connectivity index (χ0) is 20.7. The van der Waals surface area contributed by atoms with Crippen LogP contribution in [-0.2, 0) is 4.79 Å². The van der Waals surface area contributed by atoms with Crippen molar-refractivity contribution in [2.75, 3.05) is 19.6 Å². The Morgan fingerprint density at radius 2 is 2.17 bits per heavy atom. The number of rotatable bonds is 4. The van der Waals surface area contributed by atoms with E-state index in [-0.39, 0.29) is 12.1 Å². The third kappa shape index (κ3) is 3.55. The Morgan fingerprint density at radius 1 is 1.27 bits per heavy atom. The molecule has 4 heterocycles. The zero-order valence-corrected chi connectivity index (χ0v) is 18.6. The maximum absolute atomic E-state index is 12.9. The number of hydrogen-bond acceptors (Lipinski definition) is 3. The largest absolute Gasteiger partial charge is 0.365 e. The smallest absolute Gasteiger partial charge is 0.257 e. The fourth-order valence-corrected chi connectivity index (χ4v) is 4.88. The maximum atomic E-state index is 12.9. The molecule has 6 heteroatoms. The molecule has 0 spiro atoms. The number of nitrogens with one attached hydrogen (secondary N) is 2. The quantitative estimate of drug-likeness (QED) is 0.698. The predicted molar refractivity (Wildman–Crippen MR) is 124 cm³/mol. The fourth-order valence-electron chi connectivity index (χ4n) is 4.52. The van der Waals surface area contributed by atoms with E-state index in [1.54, 1.807) is 4.90 Å². The first kappa shape index (κ1) is 19.4. The number of amides is 1. The number of fused-ring (bicyclic) bond motifs is 2. The third-order valence-corrected chi connectivity index (χ3v) is 6.71. The molecule has 0 fully saturated rings. The van der Waals surface area contributed by atoms with Gasteiger partial charge in [-0.1, -0.05) is 28.1 Å². The molecule has 1 aromatic carbocycles. The number of allylic oxidation sites excluding steroid dienone is 3. The van der Waals surface area contributed by atoms with Crippen molar-refractivity contribution in [1.82, 2.24) is 20.1 Å². The molecular formula is C24H25BrN4O. The number of hydrogen-bond donors (Lipinski definition) is 2. The summed E-state index contributed by atoms with van der Waals surface area (Å²) >= 11 is 3.58. The molecule has 1 amide bonds. The van der Waals surface area contributed by atoms with Gasteiger partial charge in [0, 0.05) is 64.2 Å². The average Bonchev–Trinajstić information content (AvgIpc) is 3.17. The predicted octanol–water partition coefficient (Wildman–Crippen LogP) is 4.53. The van der Waals surface area contributed by atoms with Crippen LogP contribution in [-0.4, -0.2) is 46.5 Å². The normalized spacial score (nSPS) is 21.8. The summed E-state index contributed by atoms with van der Waals surface area (Å²) in [7, 11) is 0. The molecule has 0 saturated heterocycles. The van der Waals surface area contributed by atoms with Gasteiger partial charge in [-0.05, 0) is 55.7 Å². The Kier molecular flexibility index (Phi) is 5.13. The van der Waals surface area contributed by atoms with Gasteiger partial charge in [-0.2, -0.15) is 0 Å². The summed E-state index contributed by atoms with van der Waals surface area (Å²) in [5.41, 5.74) is 5.75. The second kappa shape index (κ2) is 7.93. The molecule has 5 rings (SSSR count). The summed E-state index contributed by atoms with van der Waals surface area (Å²) in [4.78, 5) is 20.5. The van der Waals surface area contributed by atoms with Gasteiger partial charge in [-0.25, -0.2) is 0 Å². The molecule has 0 radical (unpaired) electrons. The zero-order valence-electron chi connectivity index (χ0n) is 17.0. The molecule has 3 aliphatic rings. The summed E-state index contributed by atoms with van der Waals surface area (Å²) in [6, 6.07) is 6.36. The molecule has 154 valence electrons. The molecule has 2 N–H and O–H groups in total. The van der Waals surface area contributed by atoms with Gasteiger partial charge < -0.3 is 10.3 Å². The highest BCUT2D eigenvalue weighted by atomic mass is 79.9. The van der Waals surface area contributed by atoms with Crippen LogP contribution in [0.15, 0.2) is 70.6 Å². The Labute approximate surface area is 184 Å². The van der Waals surface area contributed by atoms with Crippen molar-refractivity contribution in [3.05, 3.63) is 76.2 Å². The van der Waals surface area contributed by atoms with E-state index in [4.69, 9.17) is 0 Å². The number of aromatic amines is 1. The highest BCUT2D eigenvalue weighted by Crippen LogP contribution is 2.31. The molecule has 30 heavy (non-hydrogen) atoms. The first-order chi connectivity index (χ1) is 14.6. The minimum Gasteiger partial charge on any atom is -0.365 e. The van der Waals surface area contributed by atoms with Gasteiger partial charge in [0.25, 0.3) is 5.91 Å². The van der Waals surface area contributed by atoms with E-state index in [0.717, 1.165) is 48.2 Å². The lowest BCUT2D eigenvalue weighted by Crippen LogP contribution is -2.50. The molecule has 0 saturated carbocycles. The maximum Gasteiger partial charge on any atom is 0.257 e. The fraction of sp³-hybridized carbons (Fsp3) is 0.292. The van der Waals surface area contributed by atoms with Gasteiger partial charge in [-0.3, -0.25) is 14.6 Å². The lowest BCUT2D eigenvalue weighted by molar-refractivity contribution is -0.127. The van der Waals surface area contributed by atoms with E-state index < -0.39 is 0 Å².